The average Bonchev–Trinajstić information content (AvgIpc) is 3.01. The van der Waals surface area contributed by atoms with Crippen LogP contribution in [-0.2, 0) is 6.42 Å². The molecule has 0 aliphatic heterocycles. The highest BCUT2D eigenvalue weighted by Crippen LogP contribution is 2.23. The van der Waals surface area contributed by atoms with Gasteiger partial charge in [0.15, 0.2) is 0 Å². The van der Waals surface area contributed by atoms with Crippen molar-refractivity contribution in [1.82, 2.24) is 5.32 Å². The van der Waals surface area contributed by atoms with E-state index < -0.39 is 13.0 Å². The van der Waals surface area contributed by atoms with Crippen molar-refractivity contribution in [1.29, 1.82) is 0 Å². The third kappa shape index (κ3) is 5.86. The minimum absolute atomic E-state index is 0.335. The summed E-state index contributed by atoms with van der Waals surface area (Å²) in [5.41, 5.74) is 1.22. The summed E-state index contributed by atoms with van der Waals surface area (Å²) in [5, 5.41) is 7.40. The lowest BCUT2D eigenvalue weighted by Crippen LogP contribution is -2.30. The van der Waals surface area contributed by atoms with Gasteiger partial charge in [-0.15, -0.1) is 11.3 Å². The van der Waals surface area contributed by atoms with Gasteiger partial charge in [0.25, 0.3) is 6.43 Å². The summed E-state index contributed by atoms with van der Waals surface area (Å²) < 4.78 is 29.5. The molecule has 1 heterocycles. The van der Waals surface area contributed by atoms with Crippen molar-refractivity contribution in [2.75, 3.05) is 18.5 Å². The molecule has 1 aromatic carbocycles. The third-order valence-electron chi connectivity index (χ3n) is 3.05. The molecule has 1 aromatic heterocycles. The Kier molecular flexibility index (Phi) is 6.34. The highest BCUT2D eigenvalue weighted by molar-refractivity contribution is 7.09. The minimum Gasteiger partial charge on any atom is -0.487 e. The van der Waals surface area contributed by atoms with Crippen LogP contribution in [0.1, 0.15) is 10.4 Å². The van der Waals surface area contributed by atoms with Gasteiger partial charge in [-0.05, 0) is 36.4 Å². The van der Waals surface area contributed by atoms with Gasteiger partial charge < -0.3 is 15.4 Å². The first-order valence-corrected chi connectivity index (χ1v) is 8.01. The fourth-order valence-corrected chi connectivity index (χ4v) is 2.62. The monoisotopic (exact) mass is 340 g/mol. The Morgan fingerprint density at radius 2 is 2.17 bits per heavy atom. The van der Waals surface area contributed by atoms with E-state index in [2.05, 4.69) is 10.6 Å². The van der Waals surface area contributed by atoms with Crippen LogP contribution in [0.3, 0.4) is 0 Å². The molecule has 7 heteroatoms. The van der Waals surface area contributed by atoms with Gasteiger partial charge in [0, 0.05) is 23.2 Å². The summed E-state index contributed by atoms with van der Waals surface area (Å²) in [6, 6.07) is 8.58. The molecule has 0 fully saturated rings. The molecule has 23 heavy (non-hydrogen) atoms. The lowest BCUT2D eigenvalue weighted by molar-refractivity contribution is 0.0816. The minimum atomic E-state index is -2.54. The maximum absolute atomic E-state index is 12.2. The summed E-state index contributed by atoms with van der Waals surface area (Å²) >= 11 is 1.64. The second kappa shape index (κ2) is 8.47. The zero-order chi connectivity index (χ0) is 16.7. The summed E-state index contributed by atoms with van der Waals surface area (Å²) in [5.74, 6) is 0.335. The van der Waals surface area contributed by atoms with Crippen molar-refractivity contribution >= 4 is 23.1 Å². The number of carbonyl (C=O) groups excluding carboxylic acids is 1. The second-order valence-electron chi connectivity index (χ2n) is 4.89. The van der Waals surface area contributed by atoms with Crippen molar-refractivity contribution in [3.63, 3.8) is 0 Å². The summed E-state index contributed by atoms with van der Waals surface area (Å²) in [6.07, 6.45) is -1.77. The Hall–Kier alpha value is -2.15. The highest BCUT2D eigenvalue weighted by Gasteiger charge is 2.08. The van der Waals surface area contributed by atoms with Crippen molar-refractivity contribution < 1.29 is 18.3 Å². The largest absolute Gasteiger partial charge is 0.487 e. The summed E-state index contributed by atoms with van der Waals surface area (Å²) in [7, 11) is 0. The smallest absolute Gasteiger partial charge is 0.319 e. The number of nitrogens with one attached hydrogen (secondary N) is 2. The van der Waals surface area contributed by atoms with Crippen molar-refractivity contribution in [2.24, 2.45) is 0 Å². The summed E-state index contributed by atoms with van der Waals surface area (Å²) in [4.78, 5) is 13.0. The third-order valence-corrected chi connectivity index (χ3v) is 3.98. The van der Waals surface area contributed by atoms with E-state index in [0.717, 1.165) is 12.0 Å². The van der Waals surface area contributed by atoms with E-state index in [1.54, 1.807) is 30.4 Å². The second-order valence-corrected chi connectivity index (χ2v) is 5.92. The van der Waals surface area contributed by atoms with E-state index in [4.69, 9.17) is 4.74 Å². The molecule has 2 amide bonds. The van der Waals surface area contributed by atoms with E-state index in [1.807, 2.05) is 17.5 Å². The number of benzene rings is 1. The number of alkyl halides is 2. The van der Waals surface area contributed by atoms with Gasteiger partial charge in [0.2, 0.25) is 0 Å². The van der Waals surface area contributed by atoms with Crippen LogP contribution in [0.4, 0.5) is 19.3 Å². The Labute approximate surface area is 137 Å². The first-order chi connectivity index (χ1) is 11.0. The first kappa shape index (κ1) is 17.2. The van der Waals surface area contributed by atoms with Crippen LogP contribution in [0, 0.1) is 6.92 Å². The van der Waals surface area contributed by atoms with Crippen molar-refractivity contribution in [2.45, 2.75) is 19.8 Å². The number of urea groups is 1. The standard InChI is InChI=1S/C16H18F2N2O2S/c1-11-4-5-12(9-14(11)22-10-15(17)18)20-16(21)19-7-6-13-3-2-8-23-13/h2-5,8-9,15H,6-7,10H2,1H3,(H2,19,20,21). The molecule has 2 rings (SSSR count). The molecule has 0 bridgehead atoms. The maximum Gasteiger partial charge on any atom is 0.319 e. The van der Waals surface area contributed by atoms with Crippen molar-refractivity contribution in [3.8, 4) is 5.75 Å². The topological polar surface area (TPSA) is 50.4 Å². The molecule has 0 saturated heterocycles. The Balaban J connectivity index is 1.83. The van der Waals surface area contributed by atoms with Crippen LogP contribution in [0.25, 0.3) is 0 Å². The number of hydrogen-bond acceptors (Lipinski definition) is 3. The number of halogens is 2. The molecule has 0 atom stereocenters. The molecule has 0 saturated carbocycles. The lowest BCUT2D eigenvalue weighted by Gasteiger charge is -2.12. The Morgan fingerprint density at radius 1 is 1.35 bits per heavy atom. The molecular formula is C16H18F2N2O2S. The van der Waals surface area contributed by atoms with Gasteiger partial charge >= 0.3 is 6.03 Å². The normalized spacial score (nSPS) is 10.6. The van der Waals surface area contributed by atoms with Gasteiger partial charge in [0.05, 0.1) is 0 Å². The average molecular weight is 340 g/mol. The molecule has 0 aliphatic carbocycles. The molecular weight excluding hydrogens is 322 g/mol. The maximum atomic E-state index is 12.2. The van der Waals surface area contributed by atoms with E-state index in [1.165, 1.54) is 10.9 Å². The number of anilines is 1. The number of amides is 2. The number of thiophene rings is 1. The van der Waals surface area contributed by atoms with Gasteiger partial charge in [-0.3, -0.25) is 0 Å². The molecule has 2 N–H and O–H groups in total. The highest BCUT2D eigenvalue weighted by atomic mass is 32.1. The van der Waals surface area contributed by atoms with E-state index >= 15 is 0 Å². The van der Waals surface area contributed by atoms with Crippen molar-refractivity contribution in [3.05, 3.63) is 46.2 Å². The lowest BCUT2D eigenvalue weighted by atomic mass is 10.2. The predicted octanol–water partition coefficient (Wildman–Crippen LogP) is 4.06. The molecule has 0 aliphatic rings. The molecule has 0 spiro atoms. The van der Waals surface area contributed by atoms with Crippen LogP contribution in [-0.4, -0.2) is 25.6 Å². The summed E-state index contributed by atoms with van der Waals surface area (Å²) in [6.45, 7) is 1.61. The van der Waals surface area contributed by atoms with Gasteiger partial charge in [-0.1, -0.05) is 12.1 Å². The molecule has 124 valence electrons. The quantitative estimate of drug-likeness (QED) is 0.798. The van der Waals surface area contributed by atoms with Crippen LogP contribution < -0.4 is 15.4 Å². The zero-order valence-electron chi connectivity index (χ0n) is 12.6. The molecule has 4 nitrogen and oxygen atoms in total. The van der Waals surface area contributed by atoms with E-state index in [9.17, 15) is 13.6 Å². The predicted molar refractivity (Wildman–Crippen MR) is 87.7 cm³/mol. The Bertz CT molecular complexity index is 633. The number of rotatable bonds is 7. The van der Waals surface area contributed by atoms with Crippen LogP contribution in [0.2, 0.25) is 0 Å². The SMILES string of the molecule is Cc1ccc(NC(=O)NCCc2cccs2)cc1OCC(F)F. The number of carbonyl (C=O) groups is 1. The van der Waals surface area contributed by atoms with Gasteiger partial charge in [-0.25, -0.2) is 13.6 Å². The molecule has 0 unspecified atom stereocenters. The van der Waals surface area contributed by atoms with Crippen LogP contribution in [0.5, 0.6) is 5.75 Å². The zero-order valence-corrected chi connectivity index (χ0v) is 13.5. The molecule has 0 radical (unpaired) electrons. The van der Waals surface area contributed by atoms with Gasteiger partial charge in [-0.2, -0.15) is 0 Å². The van der Waals surface area contributed by atoms with Crippen LogP contribution >= 0.6 is 11.3 Å². The first-order valence-electron chi connectivity index (χ1n) is 7.13. The van der Waals surface area contributed by atoms with Gasteiger partial charge in [0.1, 0.15) is 12.4 Å². The van der Waals surface area contributed by atoms with E-state index in [0.29, 0.717) is 18.0 Å². The number of ether oxygens (including phenoxy) is 1. The number of hydrogen-bond donors (Lipinski definition) is 2. The van der Waals surface area contributed by atoms with Crippen LogP contribution in [0.15, 0.2) is 35.7 Å². The molecule has 2 aromatic rings. The fourth-order valence-electron chi connectivity index (χ4n) is 1.92. The fraction of sp³-hybridized carbons (Fsp3) is 0.312. The van der Waals surface area contributed by atoms with E-state index in [-0.39, 0.29) is 6.03 Å². The number of aryl methyl sites for hydroxylation is 1. The Morgan fingerprint density at radius 3 is 2.87 bits per heavy atom.